The van der Waals surface area contributed by atoms with Gasteiger partial charge in [-0.15, -0.1) is 0 Å². The van der Waals surface area contributed by atoms with Gasteiger partial charge in [-0.2, -0.15) is 0 Å². The average Bonchev–Trinajstić information content (AvgIpc) is 2.68. The molecule has 0 heterocycles. The quantitative estimate of drug-likeness (QED) is 0.537. The Morgan fingerprint density at radius 2 is 1.33 bits per heavy atom. The third-order valence-corrected chi connectivity index (χ3v) is 6.80. The van der Waals surface area contributed by atoms with Gasteiger partial charge < -0.3 is 5.32 Å². The lowest BCUT2D eigenvalue weighted by atomic mass is 10.2. The van der Waals surface area contributed by atoms with Crippen molar-refractivity contribution in [1.29, 1.82) is 0 Å². The monoisotopic (exact) mass is 445 g/mol. The van der Waals surface area contributed by atoms with E-state index in [9.17, 15) is 21.6 Å². The van der Waals surface area contributed by atoms with Gasteiger partial charge in [0.15, 0.2) is 0 Å². The normalized spacial score (nSPS) is 11.5. The highest BCUT2D eigenvalue weighted by molar-refractivity contribution is 7.93. The average molecular weight is 446 g/mol. The maximum atomic E-state index is 12.7. The number of benzene rings is 3. The van der Waals surface area contributed by atoms with Crippen molar-refractivity contribution in [2.75, 3.05) is 10.0 Å². The molecule has 3 N–H and O–H groups in total. The first kappa shape index (κ1) is 21.3. The van der Waals surface area contributed by atoms with Gasteiger partial charge in [-0.05, 0) is 43.3 Å². The number of hydrogen-bond donors (Lipinski definition) is 3. The molecule has 0 aliphatic carbocycles. The molecule has 3 aromatic rings. The molecule has 0 aliphatic heterocycles. The molecule has 156 valence electrons. The Hall–Kier alpha value is -3.37. The van der Waals surface area contributed by atoms with E-state index in [0.29, 0.717) is 5.69 Å². The van der Waals surface area contributed by atoms with Crippen molar-refractivity contribution < 1.29 is 21.6 Å². The molecule has 3 rings (SSSR count). The summed E-state index contributed by atoms with van der Waals surface area (Å²) in [5.41, 5.74) is 1.14. The standard InChI is InChI=1S/C20H19N3O5S2/c1-15-11-13-17(14-12-15)29(25,26)23-20(24)21-18-9-5-6-10-19(18)30(27,28)22-16-7-3-2-4-8-16/h2-14,22H,1H3,(H2,21,23,24). The van der Waals surface area contributed by atoms with E-state index >= 15 is 0 Å². The van der Waals surface area contributed by atoms with Crippen LogP contribution in [0.4, 0.5) is 16.2 Å². The zero-order valence-corrected chi connectivity index (χ0v) is 17.5. The number of para-hydroxylation sites is 2. The highest BCUT2D eigenvalue weighted by Gasteiger charge is 2.22. The predicted molar refractivity (Wildman–Crippen MR) is 114 cm³/mol. The molecular formula is C20H19N3O5S2. The lowest BCUT2D eigenvalue weighted by Gasteiger charge is -2.14. The number of amides is 2. The summed E-state index contributed by atoms with van der Waals surface area (Å²) in [6.07, 6.45) is 0. The van der Waals surface area contributed by atoms with Crippen molar-refractivity contribution in [2.24, 2.45) is 0 Å². The molecule has 0 saturated heterocycles. The number of rotatable bonds is 6. The van der Waals surface area contributed by atoms with Crippen molar-refractivity contribution in [3.63, 3.8) is 0 Å². The van der Waals surface area contributed by atoms with Crippen LogP contribution >= 0.6 is 0 Å². The Morgan fingerprint density at radius 1 is 0.733 bits per heavy atom. The van der Waals surface area contributed by atoms with E-state index in [4.69, 9.17) is 0 Å². The summed E-state index contributed by atoms with van der Waals surface area (Å²) in [6, 6.07) is 18.8. The minimum absolute atomic E-state index is 0.0717. The van der Waals surface area contributed by atoms with E-state index < -0.39 is 26.1 Å². The first-order valence-electron chi connectivity index (χ1n) is 8.75. The number of carbonyl (C=O) groups is 1. The van der Waals surface area contributed by atoms with Gasteiger partial charge in [0.25, 0.3) is 20.0 Å². The van der Waals surface area contributed by atoms with Gasteiger partial charge >= 0.3 is 6.03 Å². The van der Waals surface area contributed by atoms with Crippen LogP contribution in [-0.2, 0) is 20.0 Å². The van der Waals surface area contributed by atoms with E-state index in [1.165, 1.54) is 36.4 Å². The van der Waals surface area contributed by atoms with Gasteiger partial charge in [0.1, 0.15) is 4.90 Å². The summed E-state index contributed by atoms with van der Waals surface area (Å²) in [5, 5.41) is 2.29. The summed E-state index contributed by atoms with van der Waals surface area (Å²) in [6.45, 7) is 1.80. The van der Waals surface area contributed by atoms with E-state index in [0.717, 1.165) is 5.56 Å². The number of nitrogens with one attached hydrogen (secondary N) is 3. The molecule has 8 nitrogen and oxygen atoms in total. The molecule has 30 heavy (non-hydrogen) atoms. The second-order valence-electron chi connectivity index (χ2n) is 6.34. The zero-order chi connectivity index (χ0) is 21.8. The Morgan fingerprint density at radius 3 is 2.00 bits per heavy atom. The molecule has 0 saturated carbocycles. The summed E-state index contributed by atoms with van der Waals surface area (Å²) >= 11 is 0. The molecule has 0 aliphatic rings. The largest absolute Gasteiger partial charge is 0.333 e. The molecule has 0 atom stereocenters. The predicted octanol–water partition coefficient (Wildman–Crippen LogP) is 3.31. The van der Waals surface area contributed by atoms with Crippen LogP contribution < -0.4 is 14.8 Å². The third-order valence-electron chi connectivity index (χ3n) is 4.01. The van der Waals surface area contributed by atoms with Crippen LogP contribution in [0.25, 0.3) is 0 Å². The fraction of sp³-hybridized carbons (Fsp3) is 0.0500. The topological polar surface area (TPSA) is 121 Å². The number of hydrogen-bond acceptors (Lipinski definition) is 5. The second kappa shape index (κ2) is 8.56. The minimum atomic E-state index is -4.12. The van der Waals surface area contributed by atoms with Gasteiger partial charge in [0.2, 0.25) is 0 Å². The maximum Gasteiger partial charge on any atom is 0.333 e. The maximum absolute atomic E-state index is 12.7. The fourth-order valence-corrected chi connectivity index (χ4v) is 4.70. The smallest absolute Gasteiger partial charge is 0.306 e. The third kappa shape index (κ3) is 5.16. The van der Waals surface area contributed by atoms with Crippen LogP contribution in [-0.4, -0.2) is 22.9 Å². The van der Waals surface area contributed by atoms with Crippen molar-refractivity contribution in [3.05, 3.63) is 84.4 Å². The summed E-state index contributed by atoms with van der Waals surface area (Å²) in [5.74, 6) is 0. The van der Waals surface area contributed by atoms with E-state index in [2.05, 4.69) is 10.0 Å². The molecule has 3 aromatic carbocycles. The van der Waals surface area contributed by atoms with E-state index in [-0.39, 0.29) is 15.5 Å². The zero-order valence-electron chi connectivity index (χ0n) is 15.9. The highest BCUT2D eigenvalue weighted by Crippen LogP contribution is 2.23. The van der Waals surface area contributed by atoms with Gasteiger partial charge in [-0.1, -0.05) is 48.0 Å². The van der Waals surface area contributed by atoms with Gasteiger partial charge in [-0.25, -0.2) is 26.4 Å². The molecule has 2 amide bonds. The van der Waals surface area contributed by atoms with Crippen molar-refractivity contribution in [3.8, 4) is 0 Å². The molecule has 0 fully saturated rings. The van der Waals surface area contributed by atoms with Crippen molar-refractivity contribution in [1.82, 2.24) is 4.72 Å². The Labute approximate surface area is 175 Å². The molecule has 0 aromatic heterocycles. The van der Waals surface area contributed by atoms with Crippen LogP contribution in [0, 0.1) is 6.92 Å². The number of sulfonamides is 2. The van der Waals surface area contributed by atoms with E-state index in [1.807, 2.05) is 4.72 Å². The summed E-state index contributed by atoms with van der Waals surface area (Å²) in [4.78, 5) is 12.0. The minimum Gasteiger partial charge on any atom is -0.306 e. The van der Waals surface area contributed by atoms with Crippen LogP contribution in [0.2, 0.25) is 0 Å². The van der Waals surface area contributed by atoms with Crippen LogP contribution in [0.5, 0.6) is 0 Å². The molecular weight excluding hydrogens is 426 g/mol. The number of urea groups is 1. The molecule has 10 heteroatoms. The van der Waals surface area contributed by atoms with Gasteiger partial charge in [0.05, 0.1) is 10.6 Å². The molecule has 0 spiro atoms. The number of carbonyl (C=O) groups excluding carboxylic acids is 1. The Kier molecular flexibility index (Phi) is 6.09. The summed E-state index contributed by atoms with van der Waals surface area (Å²) in [7, 11) is -8.15. The molecule has 0 bridgehead atoms. The summed E-state index contributed by atoms with van der Waals surface area (Å²) < 4.78 is 54.5. The lowest BCUT2D eigenvalue weighted by molar-refractivity contribution is 0.256. The first-order chi connectivity index (χ1) is 14.2. The van der Waals surface area contributed by atoms with E-state index in [1.54, 1.807) is 49.4 Å². The highest BCUT2D eigenvalue weighted by atomic mass is 32.2. The number of anilines is 2. The van der Waals surface area contributed by atoms with Crippen LogP contribution in [0.15, 0.2) is 88.7 Å². The van der Waals surface area contributed by atoms with Gasteiger partial charge in [0, 0.05) is 5.69 Å². The lowest BCUT2D eigenvalue weighted by Crippen LogP contribution is -2.34. The van der Waals surface area contributed by atoms with Crippen LogP contribution in [0.3, 0.4) is 0 Å². The molecule has 0 radical (unpaired) electrons. The van der Waals surface area contributed by atoms with Gasteiger partial charge in [-0.3, -0.25) is 4.72 Å². The molecule has 0 unspecified atom stereocenters. The Bertz CT molecular complexity index is 1260. The number of aryl methyl sites for hydroxylation is 1. The Balaban J connectivity index is 1.80. The fourth-order valence-electron chi connectivity index (χ4n) is 2.57. The first-order valence-corrected chi connectivity index (χ1v) is 11.7. The SMILES string of the molecule is Cc1ccc(S(=O)(=O)NC(=O)Nc2ccccc2S(=O)(=O)Nc2ccccc2)cc1. The van der Waals surface area contributed by atoms with Crippen molar-refractivity contribution >= 4 is 37.5 Å². The second-order valence-corrected chi connectivity index (χ2v) is 9.67. The van der Waals surface area contributed by atoms with Crippen molar-refractivity contribution in [2.45, 2.75) is 16.7 Å². The van der Waals surface area contributed by atoms with Crippen LogP contribution in [0.1, 0.15) is 5.56 Å².